The second-order valence-electron chi connectivity index (χ2n) is 10.4. The summed E-state index contributed by atoms with van der Waals surface area (Å²) in [5.74, 6) is -0.467. The molecule has 0 saturated carbocycles. The molecule has 44 heavy (non-hydrogen) atoms. The molecular weight excluding hydrogens is 560 g/mol. The van der Waals surface area contributed by atoms with Gasteiger partial charge in [-0.05, 0) is 40.0 Å². The summed E-state index contributed by atoms with van der Waals surface area (Å²) < 4.78 is 5.46. The van der Waals surface area contributed by atoms with Gasteiger partial charge in [0.05, 0.1) is 31.5 Å². The molecule has 1 aromatic carbocycles. The SMILES string of the molecule is C/C=C\COCCNC(C(=O)N(C)C(C(=O)NCC)C(C)O)C(C)CC.C=CC(=C)CC(O)CNC=O.Cc1ccccc1. The van der Waals surface area contributed by atoms with Gasteiger partial charge in [-0.1, -0.05) is 93.1 Å². The van der Waals surface area contributed by atoms with Crippen molar-refractivity contribution in [2.24, 2.45) is 5.92 Å². The Morgan fingerprint density at radius 1 is 1.14 bits per heavy atom. The maximum Gasteiger partial charge on any atom is 0.245 e. The molecule has 5 atom stereocenters. The van der Waals surface area contributed by atoms with E-state index < -0.39 is 24.3 Å². The van der Waals surface area contributed by atoms with E-state index in [-0.39, 0.29) is 24.3 Å². The predicted molar refractivity (Wildman–Crippen MR) is 179 cm³/mol. The van der Waals surface area contributed by atoms with Crippen molar-refractivity contribution in [3.63, 3.8) is 0 Å². The molecule has 0 spiro atoms. The lowest BCUT2D eigenvalue weighted by molar-refractivity contribution is -0.145. The molecule has 5 N–H and O–H groups in total. The zero-order valence-corrected chi connectivity index (χ0v) is 27.9. The van der Waals surface area contributed by atoms with E-state index >= 15 is 0 Å². The van der Waals surface area contributed by atoms with E-state index in [0.29, 0.717) is 39.1 Å². The van der Waals surface area contributed by atoms with Crippen LogP contribution >= 0.6 is 0 Å². The number of hydrogen-bond acceptors (Lipinski definition) is 7. The zero-order valence-electron chi connectivity index (χ0n) is 27.9. The van der Waals surface area contributed by atoms with E-state index in [2.05, 4.69) is 48.2 Å². The molecule has 1 aromatic rings. The molecule has 10 heteroatoms. The van der Waals surface area contributed by atoms with Crippen LogP contribution < -0.4 is 16.0 Å². The minimum atomic E-state index is -0.961. The number of aliphatic hydroxyl groups excluding tert-OH is 2. The Bertz CT molecular complexity index is 954. The summed E-state index contributed by atoms with van der Waals surface area (Å²) in [6, 6.07) is 8.91. The fourth-order valence-electron chi connectivity index (χ4n) is 3.83. The number of amides is 3. The van der Waals surface area contributed by atoms with Crippen molar-refractivity contribution in [3.8, 4) is 0 Å². The summed E-state index contributed by atoms with van der Waals surface area (Å²) >= 11 is 0. The normalized spacial score (nSPS) is 13.8. The molecule has 0 fully saturated rings. The molecule has 250 valence electrons. The predicted octanol–water partition coefficient (Wildman–Crippen LogP) is 3.15. The van der Waals surface area contributed by atoms with Crippen molar-refractivity contribution in [1.29, 1.82) is 0 Å². The second-order valence-corrected chi connectivity index (χ2v) is 10.4. The number of nitrogens with one attached hydrogen (secondary N) is 3. The van der Waals surface area contributed by atoms with E-state index in [0.717, 1.165) is 12.0 Å². The average Bonchev–Trinajstić information content (AvgIpc) is 3.00. The van der Waals surface area contributed by atoms with Crippen LogP contribution in [0.25, 0.3) is 0 Å². The Labute approximate surface area is 265 Å². The van der Waals surface area contributed by atoms with E-state index in [1.165, 1.54) is 17.4 Å². The minimum Gasteiger partial charge on any atom is -0.391 e. The van der Waals surface area contributed by atoms with Gasteiger partial charge in [0, 0.05) is 26.7 Å². The Morgan fingerprint density at radius 2 is 1.77 bits per heavy atom. The molecular formula is C34H58N4O6. The number of ether oxygens (including phenoxy) is 1. The van der Waals surface area contributed by atoms with Crippen LogP contribution in [0, 0.1) is 12.8 Å². The first-order valence-corrected chi connectivity index (χ1v) is 15.2. The van der Waals surface area contributed by atoms with Crippen molar-refractivity contribution in [1.82, 2.24) is 20.9 Å². The van der Waals surface area contributed by atoms with Crippen LogP contribution in [0.15, 0.2) is 67.3 Å². The summed E-state index contributed by atoms with van der Waals surface area (Å²) in [6.07, 6.45) is 5.73. The van der Waals surface area contributed by atoms with Crippen LogP contribution in [0.1, 0.15) is 53.0 Å². The summed E-state index contributed by atoms with van der Waals surface area (Å²) in [5.41, 5.74) is 2.09. The van der Waals surface area contributed by atoms with Crippen LogP contribution in [0.4, 0.5) is 0 Å². The number of carbonyl (C=O) groups excluding carboxylic acids is 3. The number of nitrogens with zero attached hydrogens (tertiary/aromatic N) is 1. The number of carbonyl (C=O) groups is 3. The number of benzene rings is 1. The lowest BCUT2D eigenvalue weighted by atomic mass is 9.96. The zero-order chi connectivity index (χ0) is 33.9. The number of hydrogen-bond donors (Lipinski definition) is 5. The highest BCUT2D eigenvalue weighted by molar-refractivity contribution is 5.90. The second kappa shape index (κ2) is 27.3. The fraction of sp³-hybridized carbons (Fsp3) is 0.559. The Balaban J connectivity index is 0. The van der Waals surface area contributed by atoms with Gasteiger partial charge in [-0.3, -0.25) is 14.4 Å². The molecule has 0 aliphatic heterocycles. The monoisotopic (exact) mass is 618 g/mol. The van der Waals surface area contributed by atoms with Gasteiger partial charge in [-0.25, -0.2) is 0 Å². The number of allylic oxidation sites excluding steroid dienone is 2. The molecule has 0 heterocycles. The van der Waals surface area contributed by atoms with Gasteiger partial charge in [0.1, 0.15) is 6.04 Å². The van der Waals surface area contributed by atoms with Crippen molar-refractivity contribution in [2.75, 3.05) is 39.9 Å². The summed E-state index contributed by atoms with van der Waals surface area (Å²) in [4.78, 5) is 36.4. The summed E-state index contributed by atoms with van der Waals surface area (Å²) in [6.45, 7) is 20.7. The molecule has 0 radical (unpaired) electrons. The van der Waals surface area contributed by atoms with E-state index in [9.17, 15) is 19.5 Å². The van der Waals surface area contributed by atoms with Gasteiger partial charge in [0.15, 0.2) is 0 Å². The molecule has 1 rings (SSSR count). The third-order valence-corrected chi connectivity index (χ3v) is 6.54. The highest BCUT2D eigenvalue weighted by Crippen LogP contribution is 2.14. The van der Waals surface area contributed by atoms with E-state index in [1.807, 2.05) is 51.1 Å². The Hall–Kier alpha value is -3.31. The van der Waals surface area contributed by atoms with Gasteiger partial charge in [-0.15, -0.1) is 0 Å². The van der Waals surface area contributed by atoms with Gasteiger partial charge < -0.3 is 35.8 Å². The minimum absolute atomic E-state index is 0.0874. The first-order chi connectivity index (χ1) is 20.9. The fourth-order valence-corrected chi connectivity index (χ4v) is 3.83. The summed E-state index contributed by atoms with van der Waals surface area (Å²) in [5, 5.41) is 27.4. The van der Waals surface area contributed by atoms with Crippen LogP contribution in [-0.2, 0) is 19.1 Å². The highest BCUT2D eigenvalue weighted by atomic mass is 16.5. The first kappa shape index (κ1) is 42.8. The number of rotatable bonds is 19. The van der Waals surface area contributed by atoms with Crippen molar-refractivity contribution >= 4 is 18.2 Å². The lowest BCUT2D eigenvalue weighted by Crippen LogP contribution is -2.58. The van der Waals surface area contributed by atoms with E-state index in [4.69, 9.17) is 9.84 Å². The third kappa shape index (κ3) is 20.6. The molecule has 0 aromatic heterocycles. The maximum atomic E-state index is 13.0. The molecule has 0 aliphatic rings. The smallest absolute Gasteiger partial charge is 0.245 e. The first-order valence-electron chi connectivity index (χ1n) is 15.2. The van der Waals surface area contributed by atoms with Crippen LogP contribution in [0.3, 0.4) is 0 Å². The largest absolute Gasteiger partial charge is 0.391 e. The van der Waals surface area contributed by atoms with Crippen molar-refractivity contribution in [2.45, 2.75) is 78.7 Å². The topological polar surface area (TPSA) is 140 Å². The number of likely N-dealkylation sites (N-methyl/N-ethyl adjacent to an activating group) is 2. The molecule has 10 nitrogen and oxygen atoms in total. The van der Waals surface area contributed by atoms with Crippen LogP contribution in [0.5, 0.6) is 0 Å². The number of aryl methyl sites for hydroxylation is 1. The molecule has 0 saturated heterocycles. The van der Waals surface area contributed by atoms with Gasteiger partial charge in [0.25, 0.3) is 0 Å². The maximum absolute atomic E-state index is 13.0. The van der Waals surface area contributed by atoms with Crippen LogP contribution in [-0.4, -0.2) is 97.5 Å². The van der Waals surface area contributed by atoms with Gasteiger partial charge in [0.2, 0.25) is 18.2 Å². The molecule has 0 bridgehead atoms. The van der Waals surface area contributed by atoms with Gasteiger partial charge in [-0.2, -0.15) is 0 Å². The molecule has 3 amide bonds. The summed E-state index contributed by atoms with van der Waals surface area (Å²) in [7, 11) is 1.56. The van der Waals surface area contributed by atoms with Crippen LogP contribution in [0.2, 0.25) is 0 Å². The quantitative estimate of drug-likeness (QED) is 0.0695. The lowest BCUT2D eigenvalue weighted by Gasteiger charge is -2.34. The molecule has 0 aliphatic carbocycles. The standard InChI is InChI=1S/C19H37N3O4.C8H13NO2.C7H8/c1-7-10-12-26-13-11-21-16(14(4)8-2)19(25)22(6)17(15(5)23)18(24)20-9-3;1-3-7(2)4-8(11)5-9-6-10;1-7-5-3-2-4-6-7/h7,10,14-17,21,23H,8-9,11-13H2,1-6H3,(H,20,24);3,6,8,11H,1-2,4-5H2,(H,9,10);2-6H,1H3/b10-7-;;. The highest BCUT2D eigenvalue weighted by Gasteiger charge is 2.35. The third-order valence-electron chi connectivity index (χ3n) is 6.54. The van der Waals surface area contributed by atoms with E-state index in [1.54, 1.807) is 20.0 Å². The Morgan fingerprint density at radius 3 is 2.23 bits per heavy atom. The van der Waals surface area contributed by atoms with Gasteiger partial charge >= 0.3 is 0 Å². The average molecular weight is 619 g/mol. The Kier molecular flexibility index (Phi) is 26.5. The number of aliphatic hydroxyl groups is 2. The van der Waals surface area contributed by atoms with Crippen molar-refractivity contribution < 1.29 is 29.3 Å². The van der Waals surface area contributed by atoms with Crippen molar-refractivity contribution in [3.05, 3.63) is 72.9 Å². The molecule has 5 unspecified atom stereocenters.